The van der Waals surface area contributed by atoms with E-state index in [0.29, 0.717) is 13.0 Å². The predicted molar refractivity (Wildman–Crippen MR) is 39.2 cm³/mol. The molecule has 0 aromatic rings. The van der Waals surface area contributed by atoms with Crippen LogP contribution in [0.5, 0.6) is 0 Å². The fourth-order valence-corrected chi connectivity index (χ4v) is 1.53. The first-order valence-corrected chi connectivity index (χ1v) is 3.69. The molecule has 0 bridgehead atoms. The van der Waals surface area contributed by atoms with Gasteiger partial charge >= 0.3 is 5.97 Å². The Morgan fingerprint density at radius 2 is 2.36 bits per heavy atom. The number of carboxylic acids is 1. The average Bonchev–Trinajstić information content (AvgIpc) is 2.30. The molecule has 0 saturated carbocycles. The highest BCUT2D eigenvalue weighted by Crippen LogP contribution is 2.20. The molecule has 2 unspecified atom stereocenters. The maximum Gasteiger partial charge on any atom is 0.320 e. The zero-order valence-electron chi connectivity index (χ0n) is 6.53. The van der Waals surface area contributed by atoms with Gasteiger partial charge in [-0.3, -0.25) is 9.69 Å². The molecule has 2 atom stereocenters. The molecule has 4 heteroatoms. The zero-order chi connectivity index (χ0) is 8.43. The Kier molecular flexibility index (Phi) is 2.46. The number of hydrogen-bond donors (Lipinski definition) is 2. The molecule has 0 aromatic carbocycles. The van der Waals surface area contributed by atoms with E-state index in [9.17, 15) is 4.79 Å². The highest BCUT2D eigenvalue weighted by molar-refractivity contribution is 5.73. The van der Waals surface area contributed by atoms with Crippen LogP contribution in [0.3, 0.4) is 0 Å². The van der Waals surface area contributed by atoms with Gasteiger partial charge in [0.25, 0.3) is 0 Å². The summed E-state index contributed by atoms with van der Waals surface area (Å²) in [6.45, 7) is 0.779. The monoisotopic (exact) mass is 159 g/mol. The summed E-state index contributed by atoms with van der Waals surface area (Å²) in [5.41, 5.74) is 0. The van der Waals surface area contributed by atoms with E-state index in [1.807, 2.05) is 0 Å². The minimum Gasteiger partial charge on any atom is -0.480 e. The van der Waals surface area contributed by atoms with Crippen LogP contribution in [-0.2, 0) is 4.79 Å². The molecule has 1 aliphatic rings. The van der Waals surface area contributed by atoms with E-state index in [4.69, 9.17) is 10.2 Å². The molecule has 0 amide bonds. The van der Waals surface area contributed by atoms with Crippen molar-refractivity contribution >= 4 is 5.97 Å². The number of carboxylic acid groups (broad SMARTS) is 1. The lowest BCUT2D eigenvalue weighted by molar-refractivity contribution is -0.141. The minimum atomic E-state index is -0.788. The molecular weight excluding hydrogens is 146 g/mol. The van der Waals surface area contributed by atoms with E-state index in [0.717, 1.165) is 0 Å². The van der Waals surface area contributed by atoms with Gasteiger partial charge in [0.15, 0.2) is 0 Å². The molecule has 1 heterocycles. The first-order chi connectivity index (χ1) is 5.15. The molecule has 1 saturated heterocycles. The molecule has 1 fully saturated rings. The molecule has 0 aromatic heterocycles. The molecule has 1 rings (SSSR count). The van der Waals surface area contributed by atoms with Crippen LogP contribution in [0.4, 0.5) is 0 Å². The lowest BCUT2D eigenvalue weighted by Gasteiger charge is -2.13. The van der Waals surface area contributed by atoms with Crippen LogP contribution in [0.1, 0.15) is 6.42 Å². The molecule has 0 spiro atoms. The Labute approximate surface area is 65.4 Å². The molecule has 4 nitrogen and oxygen atoms in total. The van der Waals surface area contributed by atoms with Crippen molar-refractivity contribution in [3.63, 3.8) is 0 Å². The maximum atomic E-state index is 10.6. The zero-order valence-corrected chi connectivity index (χ0v) is 6.53. The van der Waals surface area contributed by atoms with Crippen molar-refractivity contribution in [3.8, 4) is 0 Å². The number of aliphatic hydroxyl groups is 1. The van der Waals surface area contributed by atoms with Gasteiger partial charge in [0.2, 0.25) is 0 Å². The van der Waals surface area contributed by atoms with Gasteiger partial charge in [-0.15, -0.1) is 0 Å². The second kappa shape index (κ2) is 3.19. The van der Waals surface area contributed by atoms with Crippen molar-refractivity contribution in [2.24, 2.45) is 5.92 Å². The molecule has 2 N–H and O–H groups in total. The van der Waals surface area contributed by atoms with Crippen molar-refractivity contribution in [2.75, 3.05) is 20.2 Å². The summed E-state index contributed by atoms with van der Waals surface area (Å²) < 4.78 is 0. The van der Waals surface area contributed by atoms with Gasteiger partial charge < -0.3 is 10.2 Å². The highest BCUT2D eigenvalue weighted by Gasteiger charge is 2.33. The first-order valence-electron chi connectivity index (χ1n) is 3.69. The highest BCUT2D eigenvalue weighted by atomic mass is 16.4. The van der Waals surface area contributed by atoms with E-state index < -0.39 is 12.0 Å². The number of hydrogen-bond acceptors (Lipinski definition) is 3. The molecule has 0 radical (unpaired) electrons. The van der Waals surface area contributed by atoms with Crippen LogP contribution < -0.4 is 0 Å². The molecule has 0 aliphatic carbocycles. The maximum absolute atomic E-state index is 10.6. The van der Waals surface area contributed by atoms with Gasteiger partial charge in [0, 0.05) is 13.2 Å². The smallest absolute Gasteiger partial charge is 0.320 e. The van der Waals surface area contributed by atoms with Gasteiger partial charge in [0.05, 0.1) is 0 Å². The third-order valence-corrected chi connectivity index (χ3v) is 2.18. The van der Waals surface area contributed by atoms with Crippen molar-refractivity contribution in [3.05, 3.63) is 0 Å². The summed E-state index contributed by atoms with van der Waals surface area (Å²) in [5, 5.41) is 17.4. The lowest BCUT2D eigenvalue weighted by atomic mass is 10.1. The van der Waals surface area contributed by atoms with Crippen LogP contribution in [0.25, 0.3) is 0 Å². The Morgan fingerprint density at radius 1 is 1.73 bits per heavy atom. The summed E-state index contributed by atoms with van der Waals surface area (Å²) in [5.74, 6) is -0.649. The number of nitrogens with zero attached hydrogens (tertiary/aromatic N) is 1. The van der Waals surface area contributed by atoms with Gasteiger partial charge in [-0.05, 0) is 19.4 Å². The van der Waals surface area contributed by atoms with Crippen LogP contribution in [0.2, 0.25) is 0 Å². The quantitative estimate of drug-likeness (QED) is 0.564. The topological polar surface area (TPSA) is 60.8 Å². The van der Waals surface area contributed by atoms with Crippen molar-refractivity contribution in [2.45, 2.75) is 12.5 Å². The second-order valence-corrected chi connectivity index (χ2v) is 3.08. The van der Waals surface area contributed by atoms with E-state index >= 15 is 0 Å². The molecule has 1 aliphatic heterocycles. The average molecular weight is 159 g/mol. The first kappa shape index (κ1) is 8.49. The van der Waals surface area contributed by atoms with Crippen molar-refractivity contribution in [1.29, 1.82) is 0 Å². The Morgan fingerprint density at radius 3 is 2.64 bits per heavy atom. The summed E-state index contributed by atoms with van der Waals surface area (Å²) in [4.78, 5) is 12.3. The van der Waals surface area contributed by atoms with Crippen molar-refractivity contribution in [1.82, 2.24) is 4.90 Å². The van der Waals surface area contributed by atoms with Gasteiger partial charge in [-0.25, -0.2) is 0 Å². The van der Waals surface area contributed by atoms with Gasteiger partial charge in [-0.1, -0.05) is 0 Å². The number of likely N-dealkylation sites (tertiary alicyclic amines) is 1. The normalized spacial score (nSPS) is 32.5. The molecule has 64 valence electrons. The summed E-state index contributed by atoms with van der Waals surface area (Å²) >= 11 is 0. The van der Waals surface area contributed by atoms with Crippen LogP contribution in [0.15, 0.2) is 0 Å². The third kappa shape index (κ3) is 1.70. The Hall–Kier alpha value is -0.610. The number of rotatable bonds is 2. The fourth-order valence-electron chi connectivity index (χ4n) is 1.53. The number of carbonyl (C=O) groups is 1. The van der Waals surface area contributed by atoms with Crippen LogP contribution in [-0.4, -0.2) is 47.3 Å². The van der Waals surface area contributed by atoms with E-state index in [2.05, 4.69) is 0 Å². The van der Waals surface area contributed by atoms with E-state index in [1.165, 1.54) is 0 Å². The number of aliphatic hydroxyl groups excluding tert-OH is 1. The largest absolute Gasteiger partial charge is 0.480 e. The van der Waals surface area contributed by atoms with E-state index in [1.54, 1.807) is 11.9 Å². The molecular formula is C7H13NO3. The standard InChI is InChI=1S/C7H13NO3/c1-8-3-5(4-9)2-6(8)7(10)11/h5-6,9H,2-4H2,1H3,(H,10,11). The van der Waals surface area contributed by atoms with Gasteiger partial charge in [0.1, 0.15) is 6.04 Å². The summed E-state index contributed by atoms with van der Waals surface area (Å²) in [7, 11) is 1.77. The summed E-state index contributed by atoms with van der Waals surface area (Å²) in [6.07, 6.45) is 0.572. The van der Waals surface area contributed by atoms with Crippen LogP contribution >= 0.6 is 0 Å². The Bertz CT molecular complexity index is 160. The number of aliphatic carboxylic acids is 1. The molecule has 11 heavy (non-hydrogen) atoms. The second-order valence-electron chi connectivity index (χ2n) is 3.08. The fraction of sp³-hybridized carbons (Fsp3) is 0.857. The Balaban J connectivity index is 2.51. The third-order valence-electron chi connectivity index (χ3n) is 2.18. The minimum absolute atomic E-state index is 0.0914. The van der Waals surface area contributed by atoms with Gasteiger partial charge in [-0.2, -0.15) is 0 Å². The number of likely N-dealkylation sites (N-methyl/N-ethyl adjacent to an activating group) is 1. The predicted octanol–water partition coefficient (Wildman–Crippen LogP) is -0.616. The lowest BCUT2D eigenvalue weighted by Crippen LogP contribution is -2.32. The van der Waals surface area contributed by atoms with Crippen molar-refractivity contribution < 1.29 is 15.0 Å². The van der Waals surface area contributed by atoms with E-state index in [-0.39, 0.29) is 12.5 Å². The summed E-state index contributed by atoms with van der Waals surface area (Å²) in [6, 6.07) is -0.396. The van der Waals surface area contributed by atoms with Crippen LogP contribution in [0, 0.1) is 5.92 Å². The SMILES string of the molecule is CN1CC(CO)CC1C(=O)O.